The fraction of sp³-hybridized carbons (Fsp3) is 0.316. The van der Waals surface area contributed by atoms with Gasteiger partial charge in [-0.3, -0.25) is 4.99 Å². The molecular weight excluding hydrogens is 413 g/mol. The molecule has 5 heteroatoms. The minimum Gasteiger partial charge on any atom is -0.496 e. The summed E-state index contributed by atoms with van der Waals surface area (Å²) in [6.07, 6.45) is 1.03. The number of ether oxygens (including phenoxy) is 1. The summed E-state index contributed by atoms with van der Waals surface area (Å²) in [6.45, 7) is 3.60. The first-order valence-corrected chi connectivity index (χ1v) is 7.91. The lowest BCUT2D eigenvalue weighted by molar-refractivity contribution is 0.409. The maximum atomic E-state index is 5.37. The lowest BCUT2D eigenvalue weighted by Crippen LogP contribution is -2.36. The van der Waals surface area contributed by atoms with E-state index in [0.717, 1.165) is 30.2 Å². The number of hydrogen-bond donors (Lipinski definition) is 2. The van der Waals surface area contributed by atoms with Crippen molar-refractivity contribution < 1.29 is 4.74 Å². The number of methoxy groups -OCH3 is 1. The van der Waals surface area contributed by atoms with Crippen LogP contribution in [0.1, 0.15) is 23.6 Å². The maximum absolute atomic E-state index is 5.37. The molecule has 0 aromatic heterocycles. The first-order chi connectivity index (χ1) is 11.3. The highest BCUT2D eigenvalue weighted by atomic mass is 127. The second kappa shape index (κ2) is 10.9. The SMILES string of the molecule is CCc1ccccc1CNC(=NC)NCc1ccccc1OC.I. The van der Waals surface area contributed by atoms with Crippen LogP contribution in [0.4, 0.5) is 0 Å². The average molecular weight is 439 g/mol. The van der Waals surface area contributed by atoms with Crippen LogP contribution in [0.3, 0.4) is 0 Å². The van der Waals surface area contributed by atoms with Crippen LogP contribution in [-0.2, 0) is 19.5 Å². The second-order valence-electron chi connectivity index (χ2n) is 5.21. The quantitative estimate of drug-likeness (QED) is 0.410. The van der Waals surface area contributed by atoms with Crippen LogP contribution in [0, 0.1) is 0 Å². The molecule has 0 aliphatic heterocycles. The summed E-state index contributed by atoms with van der Waals surface area (Å²) in [6, 6.07) is 16.5. The Morgan fingerprint density at radius 3 is 2.04 bits per heavy atom. The van der Waals surface area contributed by atoms with Crippen molar-refractivity contribution >= 4 is 29.9 Å². The van der Waals surface area contributed by atoms with Crippen LogP contribution in [0.2, 0.25) is 0 Å². The molecule has 130 valence electrons. The van der Waals surface area contributed by atoms with E-state index in [4.69, 9.17) is 4.74 Å². The van der Waals surface area contributed by atoms with Gasteiger partial charge in [0.25, 0.3) is 0 Å². The molecule has 0 fully saturated rings. The smallest absolute Gasteiger partial charge is 0.191 e. The predicted octanol–water partition coefficient (Wildman–Crippen LogP) is 3.74. The summed E-state index contributed by atoms with van der Waals surface area (Å²) in [7, 11) is 3.47. The van der Waals surface area contributed by atoms with Gasteiger partial charge in [-0.2, -0.15) is 0 Å². The summed E-state index contributed by atoms with van der Waals surface area (Å²) in [5, 5.41) is 6.69. The molecule has 0 heterocycles. The van der Waals surface area contributed by atoms with Crippen molar-refractivity contribution in [3.8, 4) is 5.75 Å². The largest absolute Gasteiger partial charge is 0.496 e. The fourth-order valence-corrected chi connectivity index (χ4v) is 2.50. The predicted molar refractivity (Wildman–Crippen MR) is 111 cm³/mol. The second-order valence-corrected chi connectivity index (χ2v) is 5.21. The van der Waals surface area contributed by atoms with Crippen LogP contribution >= 0.6 is 24.0 Å². The molecule has 0 atom stereocenters. The van der Waals surface area contributed by atoms with E-state index in [0.29, 0.717) is 6.54 Å². The zero-order valence-corrected chi connectivity index (χ0v) is 16.8. The van der Waals surface area contributed by atoms with E-state index in [1.165, 1.54) is 11.1 Å². The van der Waals surface area contributed by atoms with E-state index < -0.39 is 0 Å². The molecule has 0 spiro atoms. The molecular formula is C19H26IN3O. The Morgan fingerprint density at radius 1 is 0.917 bits per heavy atom. The maximum Gasteiger partial charge on any atom is 0.191 e. The van der Waals surface area contributed by atoms with E-state index in [-0.39, 0.29) is 24.0 Å². The van der Waals surface area contributed by atoms with Gasteiger partial charge in [0, 0.05) is 25.7 Å². The number of rotatable bonds is 6. The van der Waals surface area contributed by atoms with E-state index >= 15 is 0 Å². The Hall–Kier alpha value is -1.76. The Kier molecular flexibility index (Phi) is 9.22. The van der Waals surface area contributed by atoms with Gasteiger partial charge in [0.2, 0.25) is 0 Å². The van der Waals surface area contributed by atoms with Gasteiger partial charge in [0.15, 0.2) is 5.96 Å². The van der Waals surface area contributed by atoms with E-state index in [1.807, 2.05) is 24.3 Å². The first kappa shape index (κ1) is 20.3. The number of guanidine groups is 1. The van der Waals surface area contributed by atoms with Crippen LogP contribution in [0.5, 0.6) is 5.75 Å². The minimum atomic E-state index is 0. The highest BCUT2D eigenvalue weighted by Crippen LogP contribution is 2.16. The van der Waals surface area contributed by atoms with Crippen LogP contribution in [-0.4, -0.2) is 20.1 Å². The summed E-state index contributed by atoms with van der Waals surface area (Å²) < 4.78 is 5.37. The highest BCUT2D eigenvalue weighted by Gasteiger charge is 2.04. The van der Waals surface area contributed by atoms with Gasteiger partial charge in [-0.1, -0.05) is 49.4 Å². The number of para-hydroxylation sites is 1. The molecule has 0 aliphatic carbocycles. The minimum absolute atomic E-state index is 0. The summed E-state index contributed by atoms with van der Waals surface area (Å²) in [5.74, 6) is 1.66. The number of nitrogens with zero attached hydrogens (tertiary/aromatic N) is 1. The number of benzene rings is 2. The molecule has 0 amide bonds. The molecule has 4 nitrogen and oxygen atoms in total. The molecule has 0 saturated heterocycles. The van der Waals surface area contributed by atoms with Crippen molar-refractivity contribution in [3.05, 3.63) is 65.2 Å². The molecule has 2 N–H and O–H groups in total. The molecule has 0 radical (unpaired) electrons. The monoisotopic (exact) mass is 439 g/mol. The molecule has 0 bridgehead atoms. The number of nitrogens with one attached hydrogen (secondary N) is 2. The zero-order chi connectivity index (χ0) is 16.5. The van der Waals surface area contributed by atoms with E-state index in [2.05, 4.69) is 46.8 Å². The van der Waals surface area contributed by atoms with Crippen molar-refractivity contribution in [3.63, 3.8) is 0 Å². The van der Waals surface area contributed by atoms with Gasteiger partial charge in [0.05, 0.1) is 7.11 Å². The Balaban J connectivity index is 0.00000288. The standard InChI is InChI=1S/C19H25N3O.HI/c1-4-15-9-5-6-10-16(15)13-21-19(20-2)22-14-17-11-7-8-12-18(17)23-3;/h5-12H,4,13-14H2,1-3H3,(H2,20,21,22);1H. The van der Waals surface area contributed by atoms with Gasteiger partial charge in [-0.15, -0.1) is 24.0 Å². The van der Waals surface area contributed by atoms with Crippen molar-refractivity contribution in [2.24, 2.45) is 4.99 Å². The molecule has 2 aromatic carbocycles. The summed E-state index contributed by atoms with van der Waals surface area (Å²) >= 11 is 0. The van der Waals surface area contributed by atoms with Crippen LogP contribution in [0.25, 0.3) is 0 Å². The third kappa shape index (κ3) is 5.70. The molecule has 24 heavy (non-hydrogen) atoms. The molecule has 0 aliphatic rings. The van der Waals surface area contributed by atoms with Crippen LogP contribution < -0.4 is 15.4 Å². The number of aliphatic imine (C=N–C) groups is 1. The average Bonchev–Trinajstić information content (AvgIpc) is 2.62. The Bertz CT molecular complexity index is 605. The Labute approximate surface area is 161 Å². The summed E-state index contributed by atoms with van der Waals surface area (Å²) in [4.78, 5) is 4.28. The van der Waals surface area contributed by atoms with Crippen LogP contribution in [0.15, 0.2) is 53.5 Å². The van der Waals surface area contributed by atoms with Gasteiger partial charge in [-0.25, -0.2) is 0 Å². The topological polar surface area (TPSA) is 45.7 Å². The number of aryl methyl sites for hydroxylation is 1. The van der Waals surface area contributed by atoms with Crippen molar-refractivity contribution in [1.29, 1.82) is 0 Å². The molecule has 0 saturated carbocycles. The fourth-order valence-electron chi connectivity index (χ4n) is 2.50. The zero-order valence-electron chi connectivity index (χ0n) is 14.5. The van der Waals surface area contributed by atoms with Gasteiger partial charge < -0.3 is 15.4 Å². The highest BCUT2D eigenvalue weighted by molar-refractivity contribution is 14.0. The van der Waals surface area contributed by atoms with E-state index in [1.54, 1.807) is 14.2 Å². The third-order valence-corrected chi connectivity index (χ3v) is 3.81. The number of halogens is 1. The third-order valence-electron chi connectivity index (χ3n) is 3.81. The summed E-state index contributed by atoms with van der Waals surface area (Å²) in [5.41, 5.74) is 3.77. The van der Waals surface area contributed by atoms with Gasteiger partial charge in [0.1, 0.15) is 5.75 Å². The van der Waals surface area contributed by atoms with Gasteiger partial charge in [-0.05, 0) is 23.6 Å². The lowest BCUT2D eigenvalue weighted by Gasteiger charge is -2.15. The lowest BCUT2D eigenvalue weighted by atomic mass is 10.1. The number of hydrogen-bond acceptors (Lipinski definition) is 2. The van der Waals surface area contributed by atoms with Gasteiger partial charge >= 0.3 is 0 Å². The molecule has 2 rings (SSSR count). The first-order valence-electron chi connectivity index (χ1n) is 7.91. The molecule has 2 aromatic rings. The van der Waals surface area contributed by atoms with E-state index in [9.17, 15) is 0 Å². The van der Waals surface area contributed by atoms with Crippen molar-refractivity contribution in [2.45, 2.75) is 26.4 Å². The molecule has 0 unspecified atom stereocenters. The Morgan fingerprint density at radius 2 is 1.46 bits per heavy atom. The normalized spacial score (nSPS) is 10.7. The van der Waals surface area contributed by atoms with Crippen molar-refractivity contribution in [2.75, 3.05) is 14.2 Å². The van der Waals surface area contributed by atoms with Crippen molar-refractivity contribution in [1.82, 2.24) is 10.6 Å².